The monoisotopic (exact) mass is 206 g/mol. The van der Waals surface area contributed by atoms with Crippen LogP contribution in [0.2, 0.25) is 0 Å². The van der Waals surface area contributed by atoms with E-state index in [1.807, 2.05) is 20.0 Å². The highest BCUT2D eigenvalue weighted by Gasteiger charge is 2.26. The molecule has 0 bridgehead atoms. The van der Waals surface area contributed by atoms with Crippen LogP contribution in [0.4, 0.5) is 5.82 Å². The van der Waals surface area contributed by atoms with Crippen molar-refractivity contribution >= 4 is 5.82 Å². The molecule has 0 aromatic carbocycles. The lowest BCUT2D eigenvalue weighted by Crippen LogP contribution is -2.24. The first-order valence-electron chi connectivity index (χ1n) is 5.52. The maximum atomic E-state index is 9.51. The SMILES string of the molecule is Cc1ccc(N2CCC(C(C)O)C2)nc1. The normalized spacial score (nSPS) is 23.1. The Labute approximate surface area is 90.8 Å². The van der Waals surface area contributed by atoms with Gasteiger partial charge in [-0.2, -0.15) is 0 Å². The molecule has 82 valence electrons. The highest BCUT2D eigenvalue weighted by atomic mass is 16.3. The molecule has 0 spiro atoms. The van der Waals surface area contributed by atoms with Crippen molar-refractivity contribution in [3.8, 4) is 0 Å². The summed E-state index contributed by atoms with van der Waals surface area (Å²) in [6.07, 6.45) is 2.75. The molecule has 1 fully saturated rings. The molecule has 0 amide bonds. The number of rotatable bonds is 2. The fourth-order valence-electron chi connectivity index (χ4n) is 2.04. The van der Waals surface area contributed by atoms with E-state index in [-0.39, 0.29) is 6.10 Å². The molecule has 1 saturated heterocycles. The second-order valence-electron chi connectivity index (χ2n) is 4.43. The fourth-order valence-corrected chi connectivity index (χ4v) is 2.04. The first-order valence-corrected chi connectivity index (χ1v) is 5.52. The summed E-state index contributed by atoms with van der Waals surface area (Å²) in [5.74, 6) is 1.43. The standard InChI is InChI=1S/C12H18N2O/c1-9-3-4-12(13-7-9)14-6-5-11(8-14)10(2)15/h3-4,7,10-11,15H,5-6,8H2,1-2H3. The van der Waals surface area contributed by atoms with Gasteiger partial charge in [0.1, 0.15) is 5.82 Å². The largest absolute Gasteiger partial charge is 0.393 e. The number of aliphatic hydroxyl groups is 1. The summed E-state index contributed by atoms with van der Waals surface area (Å²) in [6, 6.07) is 4.14. The van der Waals surface area contributed by atoms with Crippen LogP contribution in [-0.4, -0.2) is 29.3 Å². The smallest absolute Gasteiger partial charge is 0.128 e. The summed E-state index contributed by atoms with van der Waals surface area (Å²) in [5, 5.41) is 9.51. The molecule has 2 atom stereocenters. The van der Waals surface area contributed by atoms with Gasteiger partial charge < -0.3 is 10.0 Å². The Balaban J connectivity index is 2.04. The third-order valence-corrected chi connectivity index (χ3v) is 3.13. The maximum absolute atomic E-state index is 9.51. The predicted molar refractivity (Wildman–Crippen MR) is 61.0 cm³/mol. The van der Waals surface area contributed by atoms with Crippen LogP contribution in [0, 0.1) is 12.8 Å². The van der Waals surface area contributed by atoms with E-state index in [2.05, 4.69) is 22.0 Å². The highest BCUT2D eigenvalue weighted by molar-refractivity contribution is 5.40. The van der Waals surface area contributed by atoms with E-state index in [9.17, 15) is 5.11 Å². The molecule has 0 saturated carbocycles. The fraction of sp³-hybridized carbons (Fsp3) is 0.583. The van der Waals surface area contributed by atoms with Crippen molar-refractivity contribution in [2.24, 2.45) is 5.92 Å². The predicted octanol–water partition coefficient (Wildman–Crippen LogP) is 1.60. The zero-order valence-electron chi connectivity index (χ0n) is 9.35. The third-order valence-electron chi connectivity index (χ3n) is 3.13. The summed E-state index contributed by atoms with van der Waals surface area (Å²) in [5.41, 5.74) is 1.19. The van der Waals surface area contributed by atoms with Gasteiger partial charge in [0.2, 0.25) is 0 Å². The summed E-state index contributed by atoms with van der Waals surface area (Å²) in [6.45, 7) is 5.84. The molecular formula is C12H18N2O. The van der Waals surface area contributed by atoms with Crippen molar-refractivity contribution in [2.75, 3.05) is 18.0 Å². The first kappa shape index (κ1) is 10.4. The van der Waals surface area contributed by atoms with Crippen molar-refractivity contribution in [1.29, 1.82) is 0 Å². The van der Waals surface area contributed by atoms with Gasteiger partial charge in [-0.25, -0.2) is 4.98 Å². The Hall–Kier alpha value is -1.09. The summed E-state index contributed by atoms with van der Waals surface area (Å²) >= 11 is 0. The molecule has 0 radical (unpaired) electrons. The second kappa shape index (κ2) is 4.19. The van der Waals surface area contributed by atoms with E-state index in [1.165, 1.54) is 5.56 Å². The van der Waals surface area contributed by atoms with Crippen LogP contribution in [0.3, 0.4) is 0 Å². The van der Waals surface area contributed by atoms with Crippen LogP contribution < -0.4 is 4.90 Å². The zero-order chi connectivity index (χ0) is 10.8. The molecule has 1 aliphatic heterocycles. The van der Waals surface area contributed by atoms with Gasteiger partial charge in [-0.05, 0) is 31.9 Å². The van der Waals surface area contributed by atoms with Gasteiger partial charge in [0.05, 0.1) is 6.10 Å². The van der Waals surface area contributed by atoms with Crippen LogP contribution in [0.15, 0.2) is 18.3 Å². The van der Waals surface area contributed by atoms with Gasteiger partial charge in [-0.1, -0.05) is 6.07 Å². The molecule has 1 N–H and O–H groups in total. The van der Waals surface area contributed by atoms with Gasteiger partial charge in [0.15, 0.2) is 0 Å². The van der Waals surface area contributed by atoms with E-state index < -0.39 is 0 Å². The molecule has 15 heavy (non-hydrogen) atoms. The molecular weight excluding hydrogens is 188 g/mol. The molecule has 2 rings (SSSR count). The van der Waals surface area contributed by atoms with Gasteiger partial charge in [-0.15, -0.1) is 0 Å². The lowest BCUT2D eigenvalue weighted by molar-refractivity contribution is 0.136. The maximum Gasteiger partial charge on any atom is 0.128 e. The molecule has 3 nitrogen and oxygen atoms in total. The minimum atomic E-state index is -0.208. The van der Waals surface area contributed by atoms with E-state index in [0.717, 1.165) is 25.3 Å². The first-order chi connectivity index (χ1) is 7.16. The van der Waals surface area contributed by atoms with Gasteiger partial charge in [0.25, 0.3) is 0 Å². The molecule has 1 aliphatic rings. The Morgan fingerprint density at radius 3 is 2.87 bits per heavy atom. The number of aliphatic hydroxyl groups excluding tert-OH is 1. The topological polar surface area (TPSA) is 36.4 Å². The van der Waals surface area contributed by atoms with Crippen molar-refractivity contribution < 1.29 is 5.11 Å². The zero-order valence-corrected chi connectivity index (χ0v) is 9.35. The van der Waals surface area contributed by atoms with Crippen LogP contribution in [0.5, 0.6) is 0 Å². The number of aryl methyl sites for hydroxylation is 1. The lowest BCUT2D eigenvalue weighted by atomic mass is 10.0. The summed E-state index contributed by atoms with van der Waals surface area (Å²) in [7, 11) is 0. The number of hydrogen-bond donors (Lipinski definition) is 1. The molecule has 3 heteroatoms. The number of anilines is 1. The minimum absolute atomic E-state index is 0.208. The minimum Gasteiger partial charge on any atom is -0.393 e. The van der Waals surface area contributed by atoms with Crippen molar-refractivity contribution in [1.82, 2.24) is 4.98 Å². The molecule has 2 heterocycles. The van der Waals surface area contributed by atoms with Crippen LogP contribution >= 0.6 is 0 Å². The average molecular weight is 206 g/mol. The molecule has 0 aliphatic carbocycles. The highest BCUT2D eigenvalue weighted by Crippen LogP contribution is 2.24. The van der Waals surface area contributed by atoms with Crippen LogP contribution in [0.1, 0.15) is 18.9 Å². The second-order valence-corrected chi connectivity index (χ2v) is 4.43. The van der Waals surface area contributed by atoms with Crippen molar-refractivity contribution in [2.45, 2.75) is 26.4 Å². The van der Waals surface area contributed by atoms with E-state index >= 15 is 0 Å². The van der Waals surface area contributed by atoms with Crippen LogP contribution in [-0.2, 0) is 0 Å². The van der Waals surface area contributed by atoms with Gasteiger partial charge >= 0.3 is 0 Å². The Bertz CT molecular complexity index is 321. The van der Waals surface area contributed by atoms with E-state index in [4.69, 9.17) is 0 Å². The molecule has 2 unspecified atom stereocenters. The number of hydrogen-bond acceptors (Lipinski definition) is 3. The van der Waals surface area contributed by atoms with Crippen molar-refractivity contribution in [3.63, 3.8) is 0 Å². The van der Waals surface area contributed by atoms with Crippen LogP contribution in [0.25, 0.3) is 0 Å². The molecule has 1 aromatic rings. The number of aromatic nitrogens is 1. The Morgan fingerprint density at radius 2 is 2.33 bits per heavy atom. The summed E-state index contributed by atoms with van der Waals surface area (Å²) in [4.78, 5) is 6.65. The van der Waals surface area contributed by atoms with Gasteiger partial charge in [-0.3, -0.25) is 0 Å². The number of pyridine rings is 1. The average Bonchev–Trinajstić information content (AvgIpc) is 2.68. The van der Waals surface area contributed by atoms with Crippen molar-refractivity contribution in [3.05, 3.63) is 23.9 Å². The number of nitrogens with zero attached hydrogens (tertiary/aromatic N) is 2. The van der Waals surface area contributed by atoms with E-state index in [0.29, 0.717) is 5.92 Å². The lowest BCUT2D eigenvalue weighted by Gasteiger charge is -2.18. The Kier molecular flexibility index (Phi) is 2.91. The summed E-state index contributed by atoms with van der Waals surface area (Å²) < 4.78 is 0. The quantitative estimate of drug-likeness (QED) is 0.798. The third kappa shape index (κ3) is 2.29. The van der Waals surface area contributed by atoms with E-state index in [1.54, 1.807) is 0 Å². The molecule has 1 aromatic heterocycles. The van der Waals surface area contributed by atoms with Gasteiger partial charge in [0, 0.05) is 25.2 Å². The Morgan fingerprint density at radius 1 is 1.53 bits per heavy atom.